The Hall–Kier alpha value is -3.27. The summed E-state index contributed by atoms with van der Waals surface area (Å²) in [5.74, 6) is -1.14. The van der Waals surface area contributed by atoms with Crippen LogP contribution in [0.25, 0.3) is 0 Å². The van der Waals surface area contributed by atoms with Crippen LogP contribution in [0.15, 0.2) is 71.8 Å². The predicted octanol–water partition coefficient (Wildman–Crippen LogP) is 2.94. The van der Waals surface area contributed by atoms with Crippen LogP contribution in [0, 0.1) is 6.92 Å². The molecule has 0 unspecified atom stereocenters. The Labute approximate surface area is 191 Å². The fraction of sp³-hybridized carbons (Fsp3) is 0.136. The zero-order chi connectivity index (χ0) is 23.3. The summed E-state index contributed by atoms with van der Waals surface area (Å²) in [6.45, 7) is 2.02. The minimum atomic E-state index is -3.64. The van der Waals surface area contributed by atoms with Gasteiger partial charge < -0.3 is 0 Å². The van der Waals surface area contributed by atoms with Gasteiger partial charge in [0.1, 0.15) is 5.15 Å². The number of carbonyl (C=O) groups excluding carboxylic acids is 2. The lowest BCUT2D eigenvalue weighted by atomic mass is 10.1. The highest BCUT2D eigenvalue weighted by Gasteiger charge is 2.21. The van der Waals surface area contributed by atoms with Crippen molar-refractivity contribution in [3.8, 4) is 0 Å². The van der Waals surface area contributed by atoms with Gasteiger partial charge in [-0.25, -0.2) is 13.4 Å². The molecule has 166 valence electrons. The van der Waals surface area contributed by atoms with Crippen molar-refractivity contribution in [2.24, 2.45) is 0 Å². The number of carbonyl (C=O) groups is 2. The summed E-state index contributed by atoms with van der Waals surface area (Å²) in [4.78, 5) is 28.4. The molecule has 0 aliphatic heterocycles. The van der Waals surface area contributed by atoms with Crippen LogP contribution in [0.4, 0.5) is 0 Å². The van der Waals surface area contributed by atoms with E-state index < -0.39 is 21.8 Å². The molecule has 3 rings (SSSR count). The Balaban J connectivity index is 1.60. The molecule has 0 bridgehead atoms. The number of rotatable bonds is 6. The molecule has 0 saturated carbocycles. The first kappa shape index (κ1) is 23.4. The lowest BCUT2D eigenvalue weighted by Crippen LogP contribution is -2.41. The molecule has 2 N–H and O–H groups in total. The summed E-state index contributed by atoms with van der Waals surface area (Å²) in [6, 6.07) is 16.0. The van der Waals surface area contributed by atoms with Gasteiger partial charge >= 0.3 is 0 Å². The highest BCUT2D eigenvalue weighted by atomic mass is 35.5. The number of pyridine rings is 1. The molecule has 1 aromatic heterocycles. The number of halogens is 1. The van der Waals surface area contributed by atoms with Crippen LogP contribution in [-0.4, -0.2) is 36.6 Å². The van der Waals surface area contributed by atoms with Crippen molar-refractivity contribution < 1.29 is 18.0 Å². The highest BCUT2D eigenvalue weighted by molar-refractivity contribution is 7.89. The smallest absolute Gasteiger partial charge is 0.267 e. The maximum atomic E-state index is 12.7. The van der Waals surface area contributed by atoms with E-state index in [1.54, 1.807) is 54.6 Å². The summed E-state index contributed by atoms with van der Waals surface area (Å²) in [6.07, 6.45) is 1.45. The molecule has 3 aromatic rings. The minimum absolute atomic E-state index is 0.0216. The average molecular weight is 473 g/mol. The second-order valence-corrected chi connectivity index (χ2v) is 9.42. The Morgan fingerprint density at radius 2 is 1.59 bits per heavy atom. The van der Waals surface area contributed by atoms with Gasteiger partial charge in [0.05, 0.1) is 10.5 Å². The summed E-state index contributed by atoms with van der Waals surface area (Å²) in [7, 11) is -2.14. The van der Waals surface area contributed by atoms with Gasteiger partial charge in [-0.1, -0.05) is 41.4 Å². The van der Waals surface area contributed by atoms with Crippen molar-refractivity contribution >= 4 is 33.4 Å². The van der Waals surface area contributed by atoms with Crippen LogP contribution in [0.1, 0.15) is 31.8 Å². The molecule has 0 radical (unpaired) electrons. The summed E-state index contributed by atoms with van der Waals surface area (Å²) >= 11 is 5.86. The predicted molar refractivity (Wildman–Crippen MR) is 120 cm³/mol. The molecule has 0 fully saturated rings. The van der Waals surface area contributed by atoms with Crippen molar-refractivity contribution in [3.63, 3.8) is 0 Å². The van der Waals surface area contributed by atoms with E-state index in [1.165, 1.54) is 23.6 Å². The molecule has 2 aromatic carbocycles. The Morgan fingerprint density at radius 3 is 2.22 bits per heavy atom. The number of hydrogen-bond acceptors (Lipinski definition) is 5. The molecule has 0 atom stereocenters. The molecular weight excluding hydrogens is 452 g/mol. The standard InChI is InChI=1S/C22H21ClN4O4S/c1-15-5-11-18(12-6-15)32(30,31)27(2)14-16-7-9-17(10-8-16)21(28)25-26-22(29)19-4-3-13-24-20(19)23/h3-13H,14H2,1-2H3,(H,25,28)(H,26,29). The van der Waals surface area contributed by atoms with Gasteiger partial charge in [-0.2, -0.15) is 4.31 Å². The van der Waals surface area contributed by atoms with E-state index in [-0.39, 0.29) is 27.7 Å². The third-order valence-corrected chi connectivity index (χ3v) is 6.76. The first-order valence-electron chi connectivity index (χ1n) is 9.51. The second kappa shape index (κ2) is 9.90. The van der Waals surface area contributed by atoms with E-state index in [4.69, 9.17) is 11.6 Å². The molecule has 10 heteroatoms. The van der Waals surface area contributed by atoms with Gasteiger partial charge in [0.25, 0.3) is 11.8 Å². The number of benzene rings is 2. The number of nitrogens with one attached hydrogen (secondary N) is 2. The molecule has 0 saturated heterocycles. The van der Waals surface area contributed by atoms with Gasteiger partial charge in [-0.15, -0.1) is 0 Å². The number of hydrogen-bond donors (Lipinski definition) is 2. The second-order valence-electron chi connectivity index (χ2n) is 7.02. The number of amides is 2. The summed E-state index contributed by atoms with van der Waals surface area (Å²) < 4.78 is 26.7. The highest BCUT2D eigenvalue weighted by Crippen LogP contribution is 2.18. The summed E-state index contributed by atoms with van der Waals surface area (Å²) in [5, 5.41) is 0.0216. The van der Waals surface area contributed by atoms with Crippen LogP contribution in [0.5, 0.6) is 0 Å². The number of sulfonamides is 1. The molecule has 0 aliphatic rings. The maximum absolute atomic E-state index is 12.7. The van der Waals surface area contributed by atoms with E-state index in [0.717, 1.165) is 5.56 Å². The number of nitrogens with zero attached hydrogens (tertiary/aromatic N) is 2. The number of aryl methyl sites for hydroxylation is 1. The first-order valence-corrected chi connectivity index (χ1v) is 11.3. The number of aromatic nitrogens is 1. The van der Waals surface area contributed by atoms with Crippen molar-refractivity contribution in [2.75, 3.05) is 7.05 Å². The molecule has 32 heavy (non-hydrogen) atoms. The van der Waals surface area contributed by atoms with Gasteiger partial charge in [-0.05, 0) is 48.9 Å². The lowest BCUT2D eigenvalue weighted by molar-refractivity contribution is 0.0846. The third-order valence-electron chi connectivity index (χ3n) is 4.64. The average Bonchev–Trinajstić information content (AvgIpc) is 2.78. The van der Waals surface area contributed by atoms with Crippen LogP contribution < -0.4 is 10.9 Å². The van der Waals surface area contributed by atoms with E-state index in [2.05, 4.69) is 15.8 Å². The topological polar surface area (TPSA) is 108 Å². The lowest BCUT2D eigenvalue weighted by Gasteiger charge is -2.17. The molecule has 1 heterocycles. The Bertz CT molecular complexity index is 1230. The first-order chi connectivity index (χ1) is 15.2. The van der Waals surface area contributed by atoms with Crippen molar-refractivity contribution in [2.45, 2.75) is 18.4 Å². The van der Waals surface area contributed by atoms with E-state index >= 15 is 0 Å². The molecular formula is C22H21ClN4O4S. The van der Waals surface area contributed by atoms with Gasteiger partial charge in [-0.3, -0.25) is 20.4 Å². The van der Waals surface area contributed by atoms with E-state index in [1.807, 2.05) is 6.92 Å². The SMILES string of the molecule is Cc1ccc(S(=O)(=O)N(C)Cc2ccc(C(=O)NNC(=O)c3cccnc3Cl)cc2)cc1. The molecule has 0 aliphatic carbocycles. The van der Waals surface area contributed by atoms with Crippen LogP contribution in [-0.2, 0) is 16.6 Å². The summed E-state index contributed by atoms with van der Waals surface area (Å²) in [5.41, 5.74) is 6.67. The minimum Gasteiger partial charge on any atom is -0.267 e. The van der Waals surface area contributed by atoms with Gasteiger partial charge in [0, 0.05) is 25.4 Å². The van der Waals surface area contributed by atoms with Crippen molar-refractivity contribution in [3.05, 3.63) is 94.3 Å². The van der Waals surface area contributed by atoms with Crippen molar-refractivity contribution in [1.82, 2.24) is 20.1 Å². The zero-order valence-corrected chi connectivity index (χ0v) is 18.9. The fourth-order valence-corrected chi connectivity index (χ4v) is 4.17. The Morgan fingerprint density at radius 1 is 0.969 bits per heavy atom. The third kappa shape index (κ3) is 5.50. The molecule has 8 nitrogen and oxygen atoms in total. The Kier molecular flexibility index (Phi) is 7.24. The van der Waals surface area contributed by atoms with Gasteiger partial charge in [0.2, 0.25) is 10.0 Å². The molecule has 2 amide bonds. The normalized spacial score (nSPS) is 11.2. The zero-order valence-electron chi connectivity index (χ0n) is 17.4. The largest absolute Gasteiger partial charge is 0.272 e. The monoisotopic (exact) mass is 472 g/mol. The number of hydrazine groups is 1. The van der Waals surface area contributed by atoms with Crippen molar-refractivity contribution in [1.29, 1.82) is 0 Å². The fourth-order valence-electron chi connectivity index (χ4n) is 2.80. The van der Waals surface area contributed by atoms with E-state index in [0.29, 0.717) is 5.56 Å². The quantitative estimate of drug-likeness (QED) is 0.423. The van der Waals surface area contributed by atoms with Crippen LogP contribution >= 0.6 is 11.6 Å². The maximum Gasteiger partial charge on any atom is 0.272 e. The van der Waals surface area contributed by atoms with Crippen LogP contribution in [0.2, 0.25) is 5.15 Å². The van der Waals surface area contributed by atoms with Crippen LogP contribution in [0.3, 0.4) is 0 Å². The molecule has 0 spiro atoms. The van der Waals surface area contributed by atoms with E-state index in [9.17, 15) is 18.0 Å². The van der Waals surface area contributed by atoms with Gasteiger partial charge in [0.15, 0.2) is 0 Å².